The van der Waals surface area contributed by atoms with Gasteiger partial charge in [-0.05, 0) is 23.5 Å². The third kappa shape index (κ3) is 6.44. The fraction of sp³-hybridized carbons (Fsp3) is 0.667. The van der Waals surface area contributed by atoms with Crippen LogP contribution in [0.15, 0.2) is 24.3 Å². The van der Waals surface area contributed by atoms with Crippen LogP contribution in [0.25, 0.3) is 0 Å². The van der Waals surface area contributed by atoms with Crippen molar-refractivity contribution < 1.29 is 4.74 Å². The van der Waals surface area contributed by atoms with E-state index in [1.807, 2.05) is 0 Å². The van der Waals surface area contributed by atoms with Crippen LogP contribution in [0.4, 0.5) is 0 Å². The number of rotatable bonds is 8. The predicted molar refractivity (Wildman–Crippen MR) is 91.7 cm³/mol. The van der Waals surface area contributed by atoms with Crippen LogP contribution in [0.3, 0.4) is 0 Å². The normalized spacial score (nSPS) is 17.8. The second-order valence-corrected chi connectivity index (χ2v) is 6.73. The molecule has 1 aromatic carbocycles. The first-order valence-electron chi connectivity index (χ1n) is 8.47. The van der Waals surface area contributed by atoms with E-state index in [4.69, 9.17) is 10.5 Å². The first kappa shape index (κ1) is 17.4. The summed E-state index contributed by atoms with van der Waals surface area (Å²) >= 11 is 0. The number of nitrogens with one attached hydrogen (secondary N) is 1. The number of hydrogen-bond donors (Lipinski definition) is 2. The molecule has 3 N–H and O–H groups in total. The minimum atomic E-state index is 0.251. The first-order valence-corrected chi connectivity index (χ1v) is 8.47. The molecule has 1 unspecified atom stereocenters. The molecule has 4 heteroatoms. The van der Waals surface area contributed by atoms with E-state index in [0.29, 0.717) is 5.92 Å². The van der Waals surface area contributed by atoms with Gasteiger partial charge in [0.1, 0.15) is 0 Å². The summed E-state index contributed by atoms with van der Waals surface area (Å²) in [6.07, 6.45) is 1.07. The highest BCUT2D eigenvalue weighted by molar-refractivity contribution is 5.22. The van der Waals surface area contributed by atoms with Crippen molar-refractivity contribution in [2.75, 3.05) is 32.8 Å². The Morgan fingerprint density at radius 1 is 1.14 bits per heavy atom. The van der Waals surface area contributed by atoms with Crippen molar-refractivity contribution in [1.29, 1.82) is 0 Å². The van der Waals surface area contributed by atoms with Gasteiger partial charge in [-0.2, -0.15) is 0 Å². The fourth-order valence-corrected chi connectivity index (χ4v) is 2.87. The zero-order valence-corrected chi connectivity index (χ0v) is 14.1. The standard InChI is InChI=1S/C18H31N3O/c1-15(2)11-18(19)13-20-12-16-3-5-17(6-4-16)14-21-7-9-22-10-8-21/h3-6,15,18,20H,7-14,19H2,1-2H3. The van der Waals surface area contributed by atoms with Gasteiger partial charge in [-0.1, -0.05) is 38.1 Å². The van der Waals surface area contributed by atoms with Crippen LogP contribution in [0.5, 0.6) is 0 Å². The Balaban J connectivity index is 1.70. The molecule has 0 bridgehead atoms. The molecule has 0 aliphatic carbocycles. The number of nitrogens with two attached hydrogens (primary N) is 1. The van der Waals surface area contributed by atoms with Crippen LogP contribution in [-0.2, 0) is 17.8 Å². The van der Waals surface area contributed by atoms with Crippen LogP contribution < -0.4 is 11.1 Å². The quantitative estimate of drug-likeness (QED) is 0.771. The van der Waals surface area contributed by atoms with Gasteiger partial charge in [0, 0.05) is 38.8 Å². The van der Waals surface area contributed by atoms with E-state index in [1.165, 1.54) is 11.1 Å². The molecule has 1 aliphatic heterocycles. The molecule has 1 fully saturated rings. The van der Waals surface area contributed by atoms with Crippen molar-refractivity contribution in [3.8, 4) is 0 Å². The highest BCUT2D eigenvalue weighted by atomic mass is 16.5. The van der Waals surface area contributed by atoms with E-state index in [2.05, 4.69) is 48.3 Å². The average Bonchev–Trinajstić information content (AvgIpc) is 2.49. The molecule has 0 amide bonds. The molecule has 0 radical (unpaired) electrons. The Labute approximate surface area is 135 Å². The summed E-state index contributed by atoms with van der Waals surface area (Å²) in [5.74, 6) is 0.663. The summed E-state index contributed by atoms with van der Waals surface area (Å²) < 4.78 is 5.38. The van der Waals surface area contributed by atoms with Crippen molar-refractivity contribution in [3.63, 3.8) is 0 Å². The summed E-state index contributed by atoms with van der Waals surface area (Å²) in [7, 11) is 0. The van der Waals surface area contributed by atoms with Crippen LogP contribution in [-0.4, -0.2) is 43.8 Å². The second-order valence-electron chi connectivity index (χ2n) is 6.73. The summed E-state index contributed by atoms with van der Waals surface area (Å²) in [6, 6.07) is 9.16. The third-order valence-electron chi connectivity index (χ3n) is 4.04. The van der Waals surface area contributed by atoms with Gasteiger partial charge in [-0.25, -0.2) is 0 Å². The molecule has 124 valence electrons. The second kappa shape index (κ2) is 9.26. The maximum Gasteiger partial charge on any atom is 0.0594 e. The largest absolute Gasteiger partial charge is 0.379 e. The lowest BCUT2D eigenvalue weighted by molar-refractivity contribution is 0.0342. The maximum atomic E-state index is 6.09. The van der Waals surface area contributed by atoms with Gasteiger partial charge in [-0.15, -0.1) is 0 Å². The van der Waals surface area contributed by atoms with Crippen molar-refractivity contribution in [2.45, 2.75) is 39.4 Å². The zero-order valence-electron chi connectivity index (χ0n) is 14.1. The monoisotopic (exact) mass is 305 g/mol. The van der Waals surface area contributed by atoms with Gasteiger partial charge in [0.15, 0.2) is 0 Å². The Hall–Kier alpha value is -0.940. The molecule has 1 aromatic rings. The van der Waals surface area contributed by atoms with E-state index < -0.39 is 0 Å². The molecule has 0 aromatic heterocycles. The molecular formula is C18H31N3O. The molecule has 0 spiro atoms. The number of nitrogens with zero attached hydrogens (tertiary/aromatic N) is 1. The number of ether oxygens (including phenoxy) is 1. The molecule has 1 saturated heterocycles. The van der Waals surface area contributed by atoms with Crippen LogP contribution in [0.1, 0.15) is 31.4 Å². The SMILES string of the molecule is CC(C)CC(N)CNCc1ccc(CN2CCOCC2)cc1. The smallest absolute Gasteiger partial charge is 0.0594 e. The van der Waals surface area contributed by atoms with Gasteiger partial charge in [-0.3, -0.25) is 4.90 Å². The maximum absolute atomic E-state index is 6.09. The van der Waals surface area contributed by atoms with Crippen LogP contribution in [0, 0.1) is 5.92 Å². The zero-order chi connectivity index (χ0) is 15.8. The van der Waals surface area contributed by atoms with Gasteiger partial charge in [0.25, 0.3) is 0 Å². The summed E-state index contributed by atoms with van der Waals surface area (Å²) in [6.45, 7) is 11.0. The summed E-state index contributed by atoms with van der Waals surface area (Å²) in [4.78, 5) is 2.45. The van der Waals surface area contributed by atoms with Crippen molar-refractivity contribution >= 4 is 0 Å². The summed E-state index contributed by atoms with van der Waals surface area (Å²) in [5.41, 5.74) is 8.79. The Morgan fingerprint density at radius 2 is 1.77 bits per heavy atom. The van der Waals surface area contributed by atoms with Gasteiger partial charge in [0.2, 0.25) is 0 Å². The van der Waals surface area contributed by atoms with E-state index >= 15 is 0 Å². The lowest BCUT2D eigenvalue weighted by Crippen LogP contribution is -2.35. The van der Waals surface area contributed by atoms with Crippen molar-refractivity contribution in [3.05, 3.63) is 35.4 Å². The van der Waals surface area contributed by atoms with E-state index in [9.17, 15) is 0 Å². The average molecular weight is 305 g/mol. The lowest BCUT2D eigenvalue weighted by atomic mass is 10.0. The molecule has 1 heterocycles. The van der Waals surface area contributed by atoms with Crippen LogP contribution >= 0.6 is 0 Å². The minimum Gasteiger partial charge on any atom is -0.379 e. The summed E-state index contributed by atoms with van der Waals surface area (Å²) in [5, 5.41) is 3.46. The van der Waals surface area contributed by atoms with E-state index in [-0.39, 0.29) is 6.04 Å². The molecule has 1 atom stereocenters. The highest BCUT2D eigenvalue weighted by Crippen LogP contribution is 2.09. The van der Waals surface area contributed by atoms with E-state index in [1.54, 1.807) is 0 Å². The van der Waals surface area contributed by atoms with Gasteiger partial charge in [0.05, 0.1) is 13.2 Å². The molecule has 0 saturated carbocycles. The first-order chi connectivity index (χ1) is 10.6. The lowest BCUT2D eigenvalue weighted by Gasteiger charge is -2.26. The Morgan fingerprint density at radius 3 is 2.41 bits per heavy atom. The Kier molecular flexibility index (Phi) is 7.33. The minimum absolute atomic E-state index is 0.251. The highest BCUT2D eigenvalue weighted by Gasteiger charge is 2.10. The third-order valence-corrected chi connectivity index (χ3v) is 4.04. The molecule has 1 aliphatic rings. The predicted octanol–water partition coefficient (Wildman–Crippen LogP) is 1.98. The fourth-order valence-electron chi connectivity index (χ4n) is 2.87. The Bertz CT molecular complexity index is 413. The van der Waals surface area contributed by atoms with Gasteiger partial charge < -0.3 is 15.8 Å². The van der Waals surface area contributed by atoms with Crippen molar-refractivity contribution in [1.82, 2.24) is 10.2 Å². The molecule has 22 heavy (non-hydrogen) atoms. The van der Waals surface area contributed by atoms with E-state index in [0.717, 1.165) is 52.4 Å². The topological polar surface area (TPSA) is 50.5 Å². The van der Waals surface area contributed by atoms with Gasteiger partial charge >= 0.3 is 0 Å². The number of benzene rings is 1. The molecule has 4 nitrogen and oxygen atoms in total. The number of hydrogen-bond acceptors (Lipinski definition) is 4. The number of morpholine rings is 1. The van der Waals surface area contributed by atoms with Crippen molar-refractivity contribution in [2.24, 2.45) is 11.7 Å². The molecular weight excluding hydrogens is 274 g/mol. The molecule has 2 rings (SSSR count). The van der Waals surface area contributed by atoms with Crippen LogP contribution in [0.2, 0.25) is 0 Å².